The van der Waals surface area contributed by atoms with Crippen LogP contribution in [0.2, 0.25) is 0 Å². The molecule has 1 atom stereocenters. The molecule has 0 spiro atoms. The van der Waals surface area contributed by atoms with Crippen LogP contribution in [0, 0.1) is 0 Å². The van der Waals surface area contributed by atoms with Crippen LogP contribution in [0.25, 0.3) is 10.9 Å². The molecule has 3 heteroatoms. The SMILES string of the molecule is Cn1ccc2c(N3CCCC3CN)cccc21. The van der Waals surface area contributed by atoms with Crippen LogP contribution in [-0.2, 0) is 7.05 Å². The Labute approximate surface area is 102 Å². The van der Waals surface area contributed by atoms with E-state index < -0.39 is 0 Å². The molecule has 0 bridgehead atoms. The summed E-state index contributed by atoms with van der Waals surface area (Å²) < 4.78 is 2.17. The summed E-state index contributed by atoms with van der Waals surface area (Å²) in [5, 5.41) is 1.34. The van der Waals surface area contributed by atoms with Crippen LogP contribution < -0.4 is 10.6 Å². The molecule has 1 fully saturated rings. The van der Waals surface area contributed by atoms with Gasteiger partial charge in [0.25, 0.3) is 0 Å². The van der Waals surface area contributed by atoms with Gasteiger partial charge in [-0.3, -0.25) is 0 Å². The minimum atomic E-state index is 0.515. The number of rotatable bonds is 2. The van der Waals surface area contributed by atoms with E-state index in [9.17, 15) is 0 Å². The Morgan fingerprint density at radius 3 is 3.06 bits per heavy atom. The first kappa shape index (κ1) is 10.7. The molecule has 3 rings (SSSR count). The Kier molecular flexibility index (Phi) is 2.56. The maximum absolute atomic E-state index is 5.86. The van der Waals surface area contributed by atoms with Crippen molar-refractivity contribution in [1.82, 2.24) is 4.57 Å². The number of aromatic nitrogens is 1. The van der Waals surface area contributed by atoms with Gasteiger partial charge in [0.05, 0.1) is 0 Å². The van der Waals surface area contributed by atoms with Crippen molar-refractivity contribution in [1.29, 1.82) is 0 Å². The molecule has 0 saturated carbocycles. The molecule has 0 amide bonds. The fourth-order valence-corrected chi connectivity index (χ4v) is 2.93. The zero-order valence-corrected chi connectivity index (χ0v) is 10.3. The molecule has 3 nitrogen and oxygen atoms in total. The molecule has 2 aromatic rings. The normalized spacial score (nSPS) is 20.4. The Morgan fingerprint density at radius 1 is 1.35 bits per heavy atom. The topological polar surface area (TPSA) is 34.2 Å². The average Bonchev–Trinajstić information content (AvgIpc) is 2.96. The maximum Gasteiger partial charge on any atom is 0.0498 e. The van der Waals surface area contributed by atoms with E-state index in [-0.39, 0.29) is 0 Å². The summed E-state index contributed by atoms with van der Waals surface area (Å²) in [6.45, 7) is 1.89. The standard InChI is InChI=1S/C14H19N3/c1-16-9-7-12-13(16)5-2-6-14(12)17-8-3-4-11(17)10-15/h2,5-7,9,11H,3-4,8,10,15H2,1H3. The van der Waals surface area contributed by atoms with E-state index in [1.807, 2.05) is 0 Å². The largest absolute Gasteiger partial charge is 0.367 e. The van der Waals surface area contributed by atoms with Gasteiger partial charge in [-0.1, -0.05) is 6.07 Å². The summed E-state index contributed by atoms with van der Waals surface area (Å²) in [4.78, 5) is 2.47. The molecule has 90 valence electrons. The Balaban J connectivity index is 2.10. The lowest BCUT2D eigenvalue weighted by Gasteiger charge is -2.26. The van der Waals surface area contributed by atoms with Crippen LogP contribution in [0.5, 0.6) is 0 Å². The molecule has 0 aliphatic carbocycles. The summed E-state index contributed by atoms with van der Waals surface area (Å²) in [7, 11) is 2.09. The van der Waals surface area contributed by atoms with E-state index in [4.69, 9.17) is 5.73 Å². The van der Waals surface area contributed by atoms with E-state index >= 15 is 0 Å². The number of fused-ring (bicyclic) bond motifs is 1. The lowest BCUT2D eigenvalue weighted by atomic mass is 10.1. The number of hydrogen-bond donors (Lipinski definition) is 1. The Bertz CT molecular complexity index is 529. The van der Waals surface area contributed by atoms with Gasteiger partial charge in [0, 0.05) is 49.0 Å². The summed E-state index contributed by atoms with van der Waals surface area (Å²) in [5.74, 6) is 0. The highest BCUT2D eigenvalue weighted by Gasteiger charge is 2.24. The van der Waals surface area contributed by atoms with Gasteiger partial charge in [0.2, 0.25) is 0 Å². The monoisotopic (exact) mass is 229 g/mol. The molecule has 0 radical (unpaired) electrons. The summed E-state index contributed by atoms with van der Waals surface area (Å²) in [6, 6.07) is 9.25. The highest BCUT2D eigenvalue weighted by molar-refractivity contribution is 5.93. The quantitative estimate of drug-likeness (QED) is 0.855. The van der Waals surface area contributed by atoms with Crippen molar-refractivity contribution >= 4 is 16.6 Å². The van der Waals surface area contributed by atoms with Gasteiger partial charge in [-0.15, -0.1) is 0 Å². The van der Waals surface area contributed by atoms with Gasteiger partial charge in [-0.25, -0.2) is 0 Å². The van der Waals surface area contributed by atoms with Crippen LogP contribution in [0.3, 0.4) is 0 Å². The Morgan fingerprint density at radius 2 is 2.24 bits per heavy atom. The van der Waals surface area contributed by atoms with Gasteiger partial charge >= 0.3 is 0 Å². The Hall–Kier alpha value is -1.48. The highest BCUT2D eigenvalue weighted by atomic mass is 15.2. The van der Waals surface area contributed by atoms with Crippen LogP contribution in [0.4, 0.5) is 5.69 Å². The lowest BCUT2D eigenvalue weighted by Crippen LogP contribution is -2.35. The third-order valence-corrected chi connectivity index (χ3v) is 3.86. The molecule has 1 aromatic carbocycles. The first-order valence-corrected chi connectivity index (χ1v) is 6.32. The molecule has 1 saturated heterocycles. The van der Waals surface area contributed by atoms with Crippen LogP contribution >= 0.6 is 0 Å². The zero-order chi connectivity index (χ0) is 11.8. The van der Waals surface area contributed by atoms with Gasteiger partial charge in [-0.05, 0) is 31.0 Å². The highest BCUT2D eigenvalue weighted by Crippen LogP contribution is 2.32. The third kappa shape index (κ3) is 1.62. The summed E-state index contributed by atoms with van der Waals surface area (Å²) in [5.41, 5.74) is 8.50. The second kappa shape index (κ2) is 4.08. The van der Waals surface area contributed by atoms with Crippen molar-refractivity contribution in [2.45, 2.75) is 18.9 Å². The van der Waals surface area contributed by atoms with Crippen molar-refractivity contribution in [2.24, 2.45) is 12.8 Å². The van der Waals surface area contributed by atoms with Gasteiger partial charge in [0.1, 0.15) is 0 Å². The molecule has 1 aliphatic rings. The first-order chi connectivity index (χ1) is 8.31. The number of benzene rings is 1. The smallest absolute Gasteiger partial charge is 0.0498 e. The number of nitrogens with two attached hydrogens (primary N) is 1. The zero-order valence-electron chi connectivity index (χ0n) is 10.3. The van der Waals surface area contributed by atoms with E-state index in [1.165, 1.54) is 29.4 Å². The molecule has 2 N–H and O–H groups in total. The number of anilines is 1. The molecular formula is C14H19N3. The second-order valence-electron chi connectivity index (χ2n) is 4.86. The lowest BCUT2D eigenvalue weighted by molar-refractivity contribution is 0.678. The predicted molar refractivity (Wildman–Crippen MR) is 72.3 cm³/mol. The average molecular weight is 229 g/mol. The number of hydrogen-bond acceptors (Lipinski definition) is 2. The summed E-state index contributed by atoms with van der Waals surface area (Å²) in [6.07, 6.45) is 4.60. The molecule has 2 heterocycles. The maximum atomic E-state index is 5.86. The van der Waals surface area contributed by atoms with Gasteiger partial charge in [-0.2, -0.15) is 0 Å². The first-order valence-electron chi connectivity index (χ1n) is 6.32. The van der Waals surface area contributed by atoms with Gasteiger partial charge < -0.3 is 15.2 Å². The minimum Gasteiger partial charge on any atom is -0.367 e. The van der Waals surface area contributed by atoms with E-state index in [0.29, 0.717) is 6.04 Å². The number of aryl methyl sites for hydroxylation is 1. The molecule has 17 heavy (non-hydrogen) atoms. The predicted octanol–water partition coefficient (Wildman–Crippen LogP) is 2.11. The third-order valence-electron chi connectivity index (χ3n) is 3.86. The van der Waals surface area contributed by atoms with Gasteiger partial charge in [0.15, 0.2) is 0 Å². The van der Waals surface area contributed by atoms with Crippen molar-refractivity contribution < 1.29 is 0 Å². The van der Waals surface area contributed by atoms with Crippen molar-refractivity contribution in [3.05, 3.63) is 30.5 Å². The van der Waals surface area contributed by atoms with Crippen LogP contribution in [-0.4, -0.2) is 23.7 Å². The minimum absolute atomic E-state index is 0.515. The van der Waals surface area contributed by atoms with Crippen molar-refractivity contribution in [3.8, 4) is 0 Å². The number of nitrogens with zero attached hydrogens (tertiary/aromatic N) is 2. The van der Waals surface area contributed by atoms with E-state index in [0.717, 1.165) is 13.1 Å². The van der Waals surface area contributed by atoms with Crippen LogP contribution in [0.15, 0.2) is 30.5 Å². The van der Waals surface area contributed by atoms with Crippen molar-refractivity contribution in [2.75, 3.05) is 18.0 Å². The molecule has 1 aromatic heterocycles. The summed E-state index contributed by atoms with van der Waals surface area (Å²) >= 11 is 0. The van der Waals surface area contributed by atoms with E-state index in [2.05, 4.69) is 47.0 Å². The fourth-order valence-electron chi connectivity index (χ4n) is 2.93. The van der Waals surface area contributed by atoms with Crippen LogP contribution in [0.1, 0.15) is 12.8 Å². The van der Waals surface area contributed by atoms with Crippen molar-refractivity contribution in [3.63, 3.8) is 0 Å². The molecular weight excluding hydrogens is 210 g/mol. The molecule has 1 unspecified atom stereocenters. The second-order valence-corrected chi connectivity index (χ2v) is 4.86. The fraction of sp³-hybridized carbons (Fsp3) is 0.429. The molecule has 1 aliphatic heterocycles. The van der Waals surface area contributed by atoms with E-state index in [1.54, 1.807) is 0 Å².